The van der Waals surface area contributed by atoms with Gasteiger partial charge in [-0.1, -0.05) is 32.4 Å². The van der Waals surface area contributed by atoms with E-state index in [1.54, 1.807) is 5.57 Å². The number of fused-ring (bicyclic) bond motifs is 5. The number of rotatable bonds is 4. The molecule has 0 radical (unpaired) electrons. The van der Waals surface area contributed by atoms with Crippen LogP contribution in [-0.2, 0) is 4.79 Å². The summed E-state index contributed by atoms with van der Waals surface area (Å²) in [4.78, 5) is 10.9. The molecule has 8 atom stereocenters. The van der Waals surface area contributed by atoms with Crippen LogP contribution in [0.25, 0.3) is 0 Å². The second-order valence-corrected chi connectivity index (χ2v) is 10.8. The van der Waals surface area contributed by atoms with Gasteiger partial charge in [0.1, 0.15) is 0 Å². The number of aliphatic carboxylic acids is 1. The summed E-state index contributed by atoms with van der Waals surface area (Å²) < 4.78 is 0. The quantitative estimate of drug-likeness (QED) is 0.755. The largest absolute Gasteiger partial charge is 0.550 e. The first-order valence-electron chi connectivity index (χ1n) is 11.3. The van der Waals surface area contributed by atoms with Crippen LogP contribution < -0.4 is 5.11 Å². The molecule has 4 rings (SSSR count). The average molecular weight is 374 g/mol. The molecule has 27 heavy (non-hydrogen) atoms. The van der Waals surface area contributed by atoms with E-state index in [1.807, 2.05) is 0 Å². The monoisotopic (exact) mass is 373 g/mol. The number of hydrogen-bond donors (Lipinski definition) is 1. The molecule has 3 heteroatoms. The summed E-state index contributed by atoms with van der Waals surface area (Å²) in [6.45, 7) is 7.28. The van der Waals surface area contributed by atoms with Crippen molar-refractivity contribution in [2.75, 3.05) is 0 Å². The van der Waals surface area contributed by atoms with E-state index in [-0.39, 0.29) is 12.5 Å². The fourth-order valence-electron chi connectivity index (χ4n) is 8.16. The Bertz CT molecular complexity index is 625. The summed E-state index contributed by atoms with van der Waals surface area (Å²) in [5.74, 6) is 2.58. The first kappa shape index (κ1) is 19.5. The van der Waals surface area contributed by atoms with Crippen molar-refractivity contribution in [1.82, 2.24) is 0 Å². The number of aliphatic hydroxyl groups excluding tert-OH is 1. The molecule has 3 saturated carbocycles. The van der Waals surface area contributed by atoms with Crippen LogP contribution in [-0.4, -0.2) is 17.2 Å². The van der Waals surface area contributed by atoms with Gasteiger partial charge in [-0.2, -0.15) is 0 Å². The molecule has 152 valence electrons. The molecule has 0 aromatic carbocycles. The van der Waals surface area contributed by atoms with Crippen LogP contribution in [0.4, 0.5) is 0 Å². The summed E-state index contributed by atoms with van der Waals surface area (Å²) >= 11 is 0. The first-order valence-corrected chi connectivity index (χ1v) is 11.3. The lowest BCUT2D eigenvalue weighted by atomic mass is 9.47. The lowest BCUT2D eigenvalue weighted by molar-refractivity contribution is -0.306. The van der Waals surface area contributed by atoms with Crippen LogP contribution in [0.1, 0.15) is 85.0 Å². The number of carboxylic acid groups (broad SMARTS) is 1. The van der Waals surface area contributed by atoms with Gasteiger partial charge >= 0.3 is 0 Å². The Morgan fingerprint density at radius 2 is 2.00 bits per heavy atom. The highest BCUT2D eigenvalue weighted by molar-refractivity contribution is 5.64. The van der Waals surface area contributed by atoms with Crippen molar-refractivity contribution in [2.24, 2.45) is 40.4 Å². The van der Waals surface area contributed by atoms with Gasteiger partial charge in [-0.3, -0.25) is 0 Å². The van der Waals surface area contributed by atoms with E-state index in [0.717, 1.165) is 43.4 Å². The van der Waals surface area contributed by atoms with E-state index >= 15 is 0 Å². The Hall–Kier alpha value is -0.830. The SMILES string of the molecule is C[C@H](CCC(=O)[O-])[C@H]1CC[C@H]2[C@@H]3CC=C4C[C@@H](O)CC[C@]4(C)[C@@H]3CC[C@]12C. The normalized spacial score (nSPS) is 47.4. The van der Waals surface area contributed by atoms with Crippen LogP contribution >= 0.6 is 0 Å². The number of carbonyl (C=O) groups is 1. The number of allylic oxidation sites excluding steroid dienone is 1. The molecule has 0 aromatic heterocycles. The molecule has 3 nitrogen and oxygen atoms in total. The minimum absolute atomic E-state index is 0.129. The van der Waals surface area contributed by atoms with E-state index in [9.17, 15) is 15.0 Å². The maximum absolute atomic E-state index is 10.9. The highest BCUT2D eigenvalue weighted by Gasteiger charge is 2.59. The summed E-state index contributed by atoms with van der Waals surface area (Å²) in [6.07, 6.45) is 12.7. The smallest absolute Gasteiger partial charge is 0.0577 e. The third kappa shape index (κ3) is 3.09. The van der Waals surface area contributed by atoms with Gasteiger partial charge in [0.2, 0.25) is 0 Å². The van der Waals surface area contributed by atoms with E-state index in [4.69, 9.17) is 0 Å². The molecule has 0 saturated heterocycles. The molecule has 4 aliphatic rings. The van der Waals surface area contributed by atoms with Crippen molar-refractivity contribution >= 4 is 5.97 Å². The van der Waals surface area contributed by atoms with Gasteiger partial charge in [-0.15, -0.1) is 0 Å². The lowest BCUT2D eigenvalue weighted by Crippen LogP contribution is -2.50. The van der Waals surface area contributed by atoms with E-state index < -0.39 is 5.97 Å². The Morgan fingerprint density at radius 3 is 2.74 bits per heavy atom. The van der Waals surface area contributed by atoms with Gasteiger partial charge in [0.25, 0.3) is 0 Å². The van der Waals surface area contributed by atoms with Crippen LogP contribution in [0.3, 0.4) is 0 Å². The van der Waals surface area contributed by atoms with Crippen LogP contribution in [0.15, 0.2) is 11.6 Å². The molecular weight excluding hydrogens is 336 g/mol. The minimum Gasteiger partial charge on any atom is -0.550 e. The minimum atomic E-state index is -0.900. The summed E-state index contributed by atoms with van der Waals surface area (Å²) in [5.41, 5.74) is 2.23. The Morgan fingerprint density at radius 1 is 1.22 bits per heavy atom. The maximum atomic E-state index is 10.9. The van der Waals surface area contributed by atoms with Crippen molar-refractivity contribution in [2.45, 2.75) is 91.1 Å². The lowest BCUT2D eigenvalue weighted by Gasteiger charge is -2.58. The topological polar surface area (TPSA) is 60.4 Å². The summed E-state index contributed by atoms with van der Waals surface area (Å²) in [6, 6.07) is 0. The molecule has 1 N–H and O–H groups in total. The van der Waals surface area contributed by atoms with Crippen molar-refractivity contribution in [3.05, 3.63) is 11.6 Å². The van der Waals surface area contributed by atoms with Gasteiger partial charge in [0, 0.05) is 5.97 Å². The van der Waals surface area contributed by atoms with Gasteiger partial charge in [-0.25, -0.2) is 0 Å². The Balaban J connectivity index is 1.54. The molecule has 0 aromatic rings. The van der Waals surface area contributed by atoms with Gasteiger partial charge in [-0.05, 0) is 105 Å². The van der Waals surface area contributed by atoms with E-state index in [2.05, 4.69) is 26.8 Å². The van der Waals surface area contributed by atoms with Crippen molar-refractivity contribution in [3.63, 3.8) is 0 Å². The molecule has 0 aliphatic heterocycles. The molecule has 0 bridgehead atoms. The highest BCUT2D eigenvalue weighted by atomic mass is 16.4. The fraction of sp³-hybridized carbons (Fsp3) is 0.875. The third-order valence-corrected chi connectivity index (χ3v) is 9.64. The van der Waals surface area contributed by atoms with Gasteiger partial charge < -0.3 is 15.0 Å². The number of hydrogen-bond acceptors (Lipinski definition) is 3. The van der Waals surface area contributed by atoms with E-state index in [0.29, 0.717) is 22.7 Å². The predicted octanol–water partition coefficient (Wildman–Crippen LogP) is 4.09. The second kappa shape index (κ2) is 6.90. The average Bonchev–Trinajstić information content (AvgIpc) is 2.97. The second-order valence-electron chi connectivity index (χ2n) is 10.8. The van der Waals surface area contributed by atoms with E-state index in [1.165, 1.54) is 32.1 Å². The number of aliphatic hydroxyl groups is 1. The van der Waals surface area contributed by atoms with Gasteiger partial charge in [0.05, 0.1) is 6.10 Å². The molecule has 3 fully saturated rings. The predicted molar refractivity (Wildman–Crippen MR) is 105 cm³/mol. The first-order chi connectivity index (χ1) is 12.8. The van der Waals surface area contributed by atoms with Crippen LogP contribution in [0, 0.1) is 40.4 Å². The van der Waals surface area contributed by atoms with Crippen LogP contribution in [0.5, 0.6) is 0 Å². The number of carbonyl (C=O) groups excluding carboxylic acids is 1. The molecular formula is C24H37O3-. The molecule has 0 heterocycles. The molecule has 0 amide bonds. The Kier molecular flexibility index (Phi) is 4.98. The Labute approximate surface area is 164 Å². The fourth-order valence-corrected chi connectivity index (χ4v) is 8.16. The highest BCUT2D eigenvalue weighted by Crippen LogP contribution is 2.67. The summed E-state index contributed by atoms with van der Waals surface area (Å²) in [5, 5.41) is 21.1. The molecule has 0 unspecified atom stereocenters. The summed E-state index contributed by atoms with van der Waals surface area (Å²) in [7, 11) is 0. The zero-order valence-electron chi connectivity index (χ0n) is 17.4. The molecule has 4 aliphatic carbocycles. The third-order valence-electron chi connectivity index (χ3n) is 9.64. The maximum Gasteiger partial charge on any atom is 0.0577 e. The number of carboxylic acids is 1. The molecule has 0 spiro atoms. The van der Waals surface area contributed by atoms with Crippen LogP contribution in [0.2, 0.25) is 0 Å². The standard InChI is InChI=1S/C24H38O3/c1-15(4-9-22(26)27)19-7-8-20-18-6-5-16-14-17(25)10-12-23(16,2)21(18)11-13-24(19,20)3/h5,15,17-21,25H,4,6-14H2,1-3H3,(H,26,27)/p-1/t15-,17+,18+,19-,20+,21-,23+,24-/m1/s1. The van der Waals surface area contributed by atoms with Gasteiger partial charge in [0.15, 0.2) is 0 Å². The zero-order valence-corrected chi connectivity index (χ0v) is 17.4. The zero-order chi connectivity index (χ0) is 19.4. The van der Waals surface area contributed by atoms with Crippen molar-refractivity contribution in [1.29, 1.82) is 0 Å². The van der Waals surface area contributed by atoms with Crippen molar-refractivity contribution < 1.29 is 15.0 Å². The van der Waals surface area contributed by atoms with Crippen molar-refractivity contribution in [3.8, 4) is 0 Å².